The first-order valence-electron chi connectivity index (χ1n) is 6.12. The second kappa shape index (κ2) is 8.03. The molecule has 96 valence electrons. The van der Waals surface area contributed by atoms with E-state index in [-0.39, 0.29) is 0 Å². The maximum atomic E-state index is 5.06. The molecule has 0 fully saturated rings. The third-order valence-corrected chi connectivity index (χ3v) is 2.51. The molecule has 0 saturated heterocycles. The van der Waals surface area contributed by atoms with E-state index < -0.39 is 0 Å². The van der Waals surface area contributed by atoms with E-state index in [1.807, 2.05) is 6.20 Å². The summed E-state index contributed by atoms with van der Waals surface area (Å²) in [6.45, 7) is 5.75. The summed E-state index contributed by atoms with van der Waals surface area (Å²) in [6, 6.07) is 4.17. The van der Waals surface area contributed by atoms with Crippen molar-refractivity contribution in [1.29, 1.82) is 0 Å². The van der Waals surface area contributed by atoms with E-state index in [0.29, 0.717) is 0 Å². The van der Waals surface area contributed by atoms with Gasteiger partial charge in [0.05, 0.1) is 6.61 Å². The van der Waals surface area contributed by atoms with E-state index in [2.05, 4.69) is 41.3 Å². The summed E-state index contributed by atoms with van der Waals surface area (Å²) in [6.07, 6.45) is 2.97. The van der Waals surface area contributed by atoms with Gasteiger partial charge >= 0.3 is 0 Å². The molecule has 1 heterocycles. The van der Waals surface area contributed by atoms with Gasteiger partial charge in [-0.25, -0.2) is 4.98 Å². The monoisotopic (exact) mass is 237 g/mol. The molecule has 1 aromatic rings. The molecule has 0 bridgehead atoms. The smallest absolute Gasteiger partial charge is 0.126 e. The number of rotatable bonds is 8. The minimum absolute atomic E-state index is 0.766. The molecule has 0 amide bonds. The molecule has 0 saturated carbocycles. The first-order chi connectivity index (χ1) is 8.26. The summed E-state index contributed by atoms with van der Waals surface area (Å²) in [7, 11) is 3.83. The van der Waals surface area contributed by atoms with Crippen LogP contribution in [0.15, 0.2) is 18.3 Å². The second-order valence-corrected chi connectivity index (χ2v) is 4.21. The summed E-state index contributed by atoms with van der Waals surface area (Å²) in [4.78, 5) is 6.53. The number of hydrogen-bond donors (Lipinski definition) is 1. The molecule has 0 spiro atoms. The number of ether oxygens (including phenoxy) is 1. The van der Waals surface area contributed by atoms with Gasteiger partial charge in [-0.3, -0.25) is 4.90 Å². The molecule has 0 aliphatic rings. The van der Waals surface area contributed by atoms with E-state index in [4.69, 9.17) is 4.74 Å². The zero-order valence-electron chi connectivity index (χ0n) is 11.1. The Morgan fingerprint density at radius 3 is 3.00 bits per heavy atom. The summed E-state index contributed by atoms with van der Waals surface area (Å²) >= 11 is 0. The SMILES string of the molecule is CCCNc1cc(CN(C)CCOC)ccn1. The van der Waals surface area contributed by atoms with E-state index in [9.17, 15) is 0 Å². The van der Waals surface area contributed by atoms with Crippen LogP contribution < -0.4 is 5.32 Å². The zero-order chi connectivity index (χ0) is 12.5. The molecule has 0 aliphatic heterocycles. The average molecular weight is 237 g/mol. The Morgan fingerprint density at radius 2 is 2.29 bits per heavy atom. The normalized spacial score (nSPS) is 10.8. The predicted octanol–water partition coefficient (Wildman–Crippen LogP) is 1.98. The first-order valence-corrected chi connectivity index (χ1v) is 6.12. The van der Waals surface area contributed by atoms with E-state index in [0.717, 1.165) is 38.5 Å². The van der Waals surface area contributed by atoms with Crippen LogP contribution in [-0.4, -0.2) is 43.7 Å². The Bertz CT molecular complexity index is 317. The van der Waals surface area contributed by atoms with E-state index in [1.54, 1.807) is 7.11 Å². The van der Waals surface area contributed by atoms with Gasteiger partial charge in [0.25, 0.3) is 0 Å². The number of aromatic nitrogens is 1. The van der Waals surface area contributed by atoms with E-state index >= 15 is 0 Å². The molecular weight excluding hydrogens is 214 g/mol. The van der Waals surface area contributed by atoms with Gasteiger partial charge in [-0.15, -0.1) is 0 Å². The lowest BCUT2D eigenvalue weighted by molar-refractivity contribution is 0.158. The fraction of sp³-hybridized carbons (Fsp3) is 0.615. The van der Waals surface area contributed by atoms with Gasteiger partial charge in [-0.2, -0.15) is 0 Å². The largest absolute Gasteiger partial charge is 0.383 e. The summed E-state index contributed by atoms with van der Waals surface area (Å²) < 4.78 is 5.06. The van der Waals surface area contributed by atoms with Crippen molar-refractivity contribution in [1.82, 2.24) is 9.88 Å². The third kappa shape index (κ3) is 5.65. The van der Waals surface area contributed by atoms with Crippen LogP contribution in [0.2, 0.25) is 0 Å². The second-order valence-electron chi connectivity index (χ2n) is 4.21. The molecule has 1 aromatic heterocycles. The molecule has 0 radical (unpaired) electrons. The highest BCUT2D eigenvalue weighted by Crippen LogP contribution is 2.08. The van der Waals surface area contributed by atoms with Crippen LogP contribution in [-0.2, 0) is 11.3 Å². The van der Waals surface area contributed by atoms with Gasteiger partial charge in [-0.1, -0.05) is 6.92 Å². The molecule has 1 rings (SSSR count). The van der Waals surface area contributed by atoms with Gasteiger partial charge in [0.2, 0.25) is 0 Å². The van der Waals surface area contributed by atoms with Crippen molar-refractivity contribution in [2.75, 3.05) is 39.2 Å². The fourth-order valence-electron chi connectivity index (χ4n) is 1.56. The summed E-state index contributed by atoms with van der Waals surface area (Å²) in [5, 5.41) is 3.30. The van der Waals surface area contributed by atoms with Crippen LogP contribution >= 0.6 is 0 Å². The van der Waals surface area contributed by atoms with Crippen LogP contribution in [0.3, 0.4) is 0 Å². The minimum Gasteiger partial charge on any atom is -0.383 e. The highest BCUT2D eigenvalue weighted by atomic mass is 16.5. The number of nitrogens with one attached hydrogen (secondary N) is 1. The Labute approximate surface area is 104 Å². The quantitative estimate of drug-likeness (QED) is 0.750. The zero-order valence-corrected chi connectivity index (χ0v) is 11.1. The molecule has 0 aliphatic carbocycles. The van der Waals surface area contributed by atoms with Crippen molar-refractivity contribution in [3.63, 3.8) is 0 Å². The topological polar surface area (TPSA) is 37.4 Å². The number of methoxy groups -OCH3 is 1. The number of likely N-dealkylation sites (N-methyl/N-ethyl adjacent to an activating group) is 1. The fourth-order valence-corrected chi connectivity index (χ4v) is 1.56. The first kappa shape index (κ1) is 13.9. The highest BCUT2D eigenvalue weighted by Gasteiger charge is 2.01. The molecule has 17 heavy (non-hydrogen) atoms. The van der Waals surface area contributed by atoms with Crippen molar-refractivity contribution in [3.8, 4) is 0 Å². The lowest BCUT2D eigenvalue weighted by Gasteiger charge is -2.16. The Kier molecular flexibility index (Phi) is 6.58. The van der Waals surface area contributed by atoms with E-state index in [1.165, 1.54) is 5.56 Å². The molecule has 1 N–H and O–H groups in total. The number of hydrogen-bond acceptors (Lipinski definition) is 4. The lowest BCUT2D eigenvalue weighted by atomic mass is 10.2. The van der Waals surface area contributed by atoms with Crippen molar-refractivity contribution in [3.05, 3.63) is 23.9 Å². The molecular formula is C13H23N3O. The van der Waals surface area contributed by atoms with Gasteiger partial charge in [0.1, 0.15) is 5.82 Å². The highest BCUT2D eigenvalue weighted by molar-refractivity contribution is 5.37. The lowest BCUT2D eigenvalue weighted by Crippen LogP contribution is -2.22. The van der Waals surface area contributed by atoms with Gasteiger partial charge in [0.15, 0.2) is 0 Å². The minimum atomic E-state index is 0.766. The molecule has 0 unspecified atom stereocenters. The number of anilines is 1. The molecule has 4 nitrogen and oxygen atoms in total. The molecule has 0 atom stereocenters. The third-order valence-electron chi connectivity index (χ3n) is 2.51. The molecule has 4 heteroatoms. The molecule has 0 aromatic carbocycles. The predicted molar refractivity (Wildman–Crippen MR) is 71.2 cm³/mol. The van der Waals surface area contributed by atoms with Crippen molar-refractivity contribution >= 4 is 5.82 Å². The number of nitrogens with zero attached hydrogens (tertiary/aromatic N) is 2. The van der Waals surface area contributed by atoms with Crippen LogP contribution in [0.1, 0.15) is 18.9 Å². The average Bonchev–Trinajstić information content (AvgIpc) is 2.34. The van der Waals surface area contributed by atoms with Crippen molar-refractivity contribution in [2.45, 2.75) is 19.9 Å². The van der Waals surface area contributed by atoms with Crippen molar-refractivity contribution < 1.29 is 4.74 Å². The summed E-state index contributed by atoms with van der Waals surface area (Å²) in [5.74, 6) is 0.962. The van der Waals surface area contributed by atoms with Crippen molar-refractivity contribution in [2.24, 2.45) is 0 Å². The van der Waals surface area contributed by atoms with Crippen LogP contribution in [0.25, 0.3) is 0 Å². The maximum Gasteiger partial charge on any atom is 0.126 e. The van der Waals surface area contributed by atoms with Gasteiger partial charge < -0.3 is 10.1 Å². The number of pyridine rings is 1. The van der Waals surface area contributed by atoms with Gasteiger partial charge in [0, 0.05) is 32.9 Å². The van der Waals surface area contributed by atoms with Crippen LogP contribution in [0.5, 0.6) is 0 Å². The Morgan fingerprint density at radius 1 is 1.47 bits per heavy atom. The van der Waals surface area contributed by atoms with Gasteiger partial charge in [-0.05, 0) is 31.2 Å². The standard InChI is InChI=1S/C13H23N3O/c1-4-6-14-13-10-12(5-7-15-13)11-16(2)8-9-17-3/h5,7,10H,4,6,8-9,11H2,1-3H3,(H,14,15). The summed E-state index contributed by atoms with van der Waals surface area (Å²) in [5.41, 5.74) is 1.28. The van der Waals surface area contributed by atoms with Crippen LogP contribution in [0, 0.1) is 0 Å². The van der Waals surface area contributed by atoms with Crippen LogP contribution in [0.4, 0.5) is 5.82 Å². The Hall–Kier alpha value is -1.13. The maximum absolute atomic E-state index is 5.06. The Balaban J connectivity index is 2.47.